The molecule has 146 valence electrons. The lowest BCUT2D eigenvalue weighted by Crippen LogP contribution is -2.59. The van der Waals surface area contributed by atoms with Gasteiger partial charge in [0.05, 0.1) is 10.4 Å². The molecule has 27 heavy (non-hydrogen) atoms. The van der Waals surface area contributed by atoms with Crippen molar-refractivity contribution in [2.75, 3.05) is 13.1 Å². The molecule has 4 bridgehead atoms. The second kappa shape index (κ2) is 6.19. The van der Waals surface area contributed by atoms with Gasteiger partial charge in [0.1, 0.15) is 6.10 Å². The Kier molecular flexibility index (Phi) is 4.00. The third-order valence-corrected chi connectivity index (χ3v) is 8.50. The largest absolute Gasteiger partial charge is 0.446 e. The molecule has 2 N–H and O–H groups in total. The molecule has 4 unspecified atom stereocenters. The lowest BCUT2D eigenvalue weighted by molar-refractivity contribution is -0.161. The van der Waals surface area contributed by atoms with Crippen molar-refractivity contribution in [2.45, 2.75) is 57.5 Å². The fourth-order valence-electron chi connectivity index (χ4n) is 6.35. The second-order valence-corrected chi connectivity index (χ2v) is 10.1. The predicted molar refractivity (Wildman–Crippen MR) is 101 cm³/mol. The highest BCUT2D eigenvalue weighted by Gasteiger charge is 2.59. The summed E-state index contributed by atoms with van der Waals surface area (Å²) in [7, 11) is 0. The molecule has 4 aliphatic carbocycles. The van der Waals surface area contributed by atoms with E-state index in [1.807, 2.05) is 11.8 Å². The maximum Gasteiger partial charge on any atom is 0.410 e. The minimum atomic E-state index is -0.332. The van der Waals surface area contributed by atoms with Gasteiger partial charge in [-0.3, -0.25) is 4.79 Å². The summed E-state index contributed by atoms with van der Waals surface area (Å²) < 4.78 is 6.04. The molecule has 4 saturated carbocycles. The topological polar surface area (TPSA) is 85.5 Å². The van der Waals surface area contributed by atoms with E-state index in [1.54, 1.807) is 11.3 Å². The number of amides is 2. The molecule has 1 aromatic heterocycles. The van der Waals surface area contributed by atoms with E-state index < -0.39 is 0 Å². The number of carbonyl (C=O) groups is 2. The highest BCUT2D eigenvalue weighted by molar-refractivity contribution is 7.09. The molecule has 0 spiro atoms. The number of thiazole rings is 1. The fourth-order valence-corrected chi connectivity index (χ4v) is 7.28. The molecule has 5 aliphatic rings. The molecule has 6 nitrogen and oxygen atoms in total. The van der Waals surface area contributed by atoms with Crippen molar-refractivity contribution in [3.63, 3.8) is 0 Å². The number of primary amides is 1. The Bertz CT molecular complexity index is 762. The van der Waals surface area contributed by atoms with E-state index in [9.17, 15) is 9.59 Å². The Morgan fingerprint density at radius 3 is 2.67 bits per heavy atom. The lowest BCUT2D eigenvalue weighted by Gasteiger charge is -2.58. The van der Waals surface area contributed by atoms with Gasteiger partial charge in [0.15, 0.2) is 0 Å². The van der Waals surface area contributed by atoms with E-state index in [4.69, 9.17) is 10.5 Å². The molecule has 6 atom stereocenters. The lowest BCUT2D eigenvalue weighted by atomic mass is 9.48. The number of rotatable bonds is 3. The number of aryl methyl sites for hydroxylation is 1. The number of hydrogen-bond acceptors (Lipinski definition) is 5. The monoisotopic (exact) mass is 389 g/mol. The third-order valence-electron chi connectivity index (χ3n) is 7.38. The van der Waals surface area contributed by atoms with Crippen molar-refractivity contribution >= 4 is 23.3 Å². The number of nitrogens with two attached hydrogens (primary N) is 1. The highest BCUT2D eigenvalue weighted by atomic mass is 32.1. The zero-order chi connectivity index (χ0) is 18.8. The minimum absolute atomic E-state index is 0.0392. The van der Waals surface area contributed by atoms with E-state index in [0.717, 1.165) is 55.8 Å². The smallest absolute Gasteiger partial charge is 0.410 e. The molecule has 2 amide bonds. The summed E-state index contributed by atoms with van der Waals surface area (Å²) in [6.07, 6.45) is 5.42. The van der Waals surface area contributed by atoms with Crippen LogP contribution in [0.3, 0.4) is 0 Å². The van der Waals surface area contributed by atoms with Crippen LogP contribution >= 0.6 is 11.3 Å². The average Bonchev–Trinajstić information content (AvgIpc) is 3.26. The highest BCUT2D eigenvalue weighted by Crippen LogP contribution is 2.60. The summed E-state index contributed by atoms with van der Waals surface area (Å²) in [5.41, 5.74) is 6.47. The SMILES string of the molecule is Cc1csc(C2CCN(C(=O)OC3[C@@H]4CC5C[C@H]3CC(C(N)=O)(C5)C4)C2)n1. The first kappa shape index (κ1) is 17.5. The van der Waals surface area contributed by atoms with Crippen molar-refractivity contribution in [2.24, 2.45) is 28.9 Å². The van der Waals surface area contributed by atoms with Crippen LogP contribution in [0.5, 0.6) is 0 Å². The Morgan fingerprint density at radius 2 is 2.04 bits per heavy atom. The van der Waals surface area contributed by atoms with Gasteiger partial charge in [-0.15, -0.1) is 11.3 Å². The number of carbonyl (C=O) groups excluding carboxylic acids is 2. The number of aromatic nitrogens is 1. The standard InChI is InChI=1S/C20H27N3O3S/c1-11-10-27-17(22-11)13-2-3-23(9-13)19(25)26-16-14-4-12-5-15(16)8-20(6-12,7-14)18(21)24/h10,12-16H,2-9H2,1H3,(H2,21,24)/t12?,13?,14-,15+,16?,20?. The van der Waals surface area contributed by atoms with Gasteiger partial charge in [0, 0.05) is 30.1 Å². The van der Waals surface area contributed by atoms with E-state index in [-0.39, 0.29) is 23.5 Å². The Hall–Kier alpha value is -1.63. The molecule has 1 aromatic rings. The molecular weight excluding hydrogens is 362 g/mol. The van der Waals surface area contributed by atoms with Crippen LogP contribution in [0.1, 0.15) is 55.1 Å². The van der Waals surface area contributed by atoms with Gasteiger partial charge >= 0.3 is 6.09 Å². The molecule has 7 heteroatoms. The van der Waals surface area contributed by atoms with Gasteiger partial charge in [-0.25, -0.2) is 9.78 Å². The summed E-state index contributed by atoms with van der Waals surface area (Å²) in [6, 6.07) is 0. The van der Waals surface area contributed by atoms with Crippen molar-refractivity contribution in [3.05, 3.63) is 16.1 Å². The maximum atomic E-state index is 12.8. The number of hydrogen-bond donors (Lipinski definition) is 1. The Morgan fingerprint density at radius 1 is 1.30 bits per heavy atom. The first-order chi connectivity index (χ1) is 12.9. The van der Waals surface area contributed by atoms with Gasteiger partial charge in [-0.05, 0) is 63.2 Å². The first-order valence-corrected chi connectivity index (χ1v) is 11.0. The quantitative estimate of drug-likeness (QED) is 0.861. The van der Waals surface area contributed by atoms with Crippen LogP contribution in [-0.2, 0) is 9.53 Å². The van der Waals surface area contributed by atoms with Crippen molar-refractivity contribution in [1.82, 2.24) is 9.88 Å². The van der Waals surface area contributed by atoms with Crippen LogP contribution in [0.4, 0.5) is 4.79 Å². The predicted octanol–water partition coefficient (Wildman–Crippen LogP) is 3.06. The van der Waals surface area contributed by atoms with E-state index in [0.29, 0.717) is 30.2 Å². The van der Waals surface area contributed by atoms with Gasteiger partial charge in [0.25, 0.3) is 0 Å². The van der Waals surface area contributed by atoms with E-state index in [1.165, 1.54) is 0 Å². The second-order valence-electron chi connectivity index (χ2n) is 9.22. The van der Waals surface area contributed by atoms with Crippen LogP contribution in [-0.4, -0.2) is 41.1 Å². The van der Waals surface area contributed by atoms with Crippen molar-refractivity contribution in [3.8, 4) is 0 Å². The van der Waals surface area contributed by atoms with Gasteiger partial charge < -0.3 is 15.4 Å². The van der Waals surface area contributed by atoms with Crippen molar-refractivity contribution in [1.29, 1.82) is 0 Å². The molecule has 0 radical (unpaired) electrons. The molecular formula is C20H27N3O3S. The molecule has 5 fully saturated rings. The zero-order valence-corrected chi connectivity index (χ0v) is 16.5. The van der Waals surface area contributed by atoms with E-state index in [2.05, 4.69) is 10.4 Å². The Balaban J connectivity index is 1.24. The minimum Gasteiger partial charge on any atom is -0.446 e. The fraction of sp³-hybridized carbons (Fsp3) is 0.750. The van der Waals surface area contributed by atoms with Crippen LogP contribution in [0.2, 0.25) is 0 Å². The molecule has 0 aromatic carbocycles. The summed E-state index contributed by atoms with van der Waals surface area (Å²) in [5.74, 6) is 1.36. The number of nitrogens with zero attached hydrogens (tertiary/aromatic N) is 2. The Labute approximate surface area is 163 Å². The molecule has 1 aliphatic heterocycles. The van der Waals surface area contributed by atoms with Crippen LogP contribution in [0.25, 0.3) is 0 Å². The normalized spacial score (nSPS) is 39.7. The van der Waals surface area contributed by atoms with Crippen LogP contribution in [0, 0.1) is 30.1 Å². The summed E-state index contributed by atoms with van der Waals surface area (Å²) >= 11 is 1.68. The molecule has 2 heterocycles. The first-order valence-electron chi connectivity index (χ1n) is 10.1. The number of ether oxygens (including phenoxy) is 1. The third kappa shape index (κ3) is 2.85. The zero-order valence-electron chi connectivity index (χ0n) is 15.7. The van der Waals surface area contributed by atoms with Gasteiger partial charge in [-0.2, -0.15) is 0 Å². The average molecular weight is 390 g/mol. The van der Waals surface area contributed by atoms with E-state index >= 15 is 0 Å². The summed E-state index contributed by atoms with van der Waals surface area (Å²) in [5, 5.41) is 3.19. The summed E-state index contributed by atoms with van der Waals surface area (Å²) in [6.45, 7) is 3.44. The van der Waals surface area contributed by atoms with Crippen molar-refractivity contribution < 1.29 is 14.3 Å². The summed E-state index contributed by atoms with van der Waals surface area (Å²) in [4.78, 5) is 31.3. The van der Waals surface area contributed by atoms with Crippen LogP contribution < -0.4 is 5.73 Å². The molecule has 6 rings (SSSR count). The molecule has 1 saturated heterocycles. The van der Waals surface area contributed by atoms with Gasteiger partial charge in [0.2, 0.25) is 5.91 Å². The maximum absolute atomic E-state index is 12.8. The van der Waals surface area contributed by atoms with Crippen LogP contribution in [0.15, 0.2) is 5.38 Å². The van der Waals surface area contributed by atoms with Gasteiger partial charge in [-0.1, -0.05) is 0 Å². The number of likely N-dealkylation sites (tertiary alicyclic amines) is 1.